The summed E-state index contributed by atoms with van der Waals surface area (Å²) in [5.41, 5.74) is -2.37. The number of amides is 4. The third-order valence-electron chi connectivity index (χ3n) is 4.04. The van der Waals surface area contributed by atoms with Crippen LogP contribution in [0.2, 0.25) is 0 Å². The fourth-order valence-electron chi connectivity index (χ4n) is 2.48. The lowest BCUT2D eigenvalue weighted by Crippen LogP contribution is -2.55. The van der Waals surface area contributed by atoms with Gasteiger partial charge in [-0.25, -0.2) is 9.59 Å². The summed E-state index contributed by atoms with van der Waals surface area (Å²) < 4.78 is 4.86. The maximum atomic E-state index is 12.4. The van der Waals surface area contributed by atoms with Crippen LogP contribution < -0.4 is 16.0 Å². The van der Waals surface area contributed by atoms with E-state index < -0.39 is 34.9 Å². The van der Waals surface area contributed by atoms with E-state index in [-0.39, 0.29) is 12.2 Å². The van der Waals surface area contributed by atoms with E-state index in [1.807, 2.05) is 0 Å². The lowest BCUT2D eigenvalue weighted by atomic mass is 9.90. The lowest BCUT2D eigenvalue weighted by molar-refractivity contribution is -0.145. The third-order valence-corrected chi connectivity index (χ3v) is 4.04. The molecule has 2 atom stereocenters. The highest BCUT2D eigenvalue weighted by Crippen LogP contribution is 2.25. The van der Waals surface area contributed by atoms with Gasteiger partial charge in [0.15, 0.2) is 5.54 Å². The second-order valence-corrected chi connectivity index (χ2v) is 6.14. The number of urea groups is 1. The van der Waals surface area contributed by atoms with Crippen molar-refractivity contribution in [2.24, 2.45) is 0 Å². The summed E-state index contributed by atoms with van der Waals surface area (Å²) >= 11 is 0. The molecule has 0 radical (unpaired) electrons. The zero-order valence-corrected chi connectivity index (χ0v) is 14.0. The summed E-state index contributed by atoms with van der Waals surface area (Å²) in [5, 5.41) is 16.3. The van der Waals surface area contributed by atoms with Gasteiger partial charge in [-0.15, -0.1) is 0 Å². The van der Waals surface area contributed by atoms with Gasteiger partial charge in [-0.05, 0) is 31.5 Å². The molecule has 134 valence electrons. The molecule has 0 bridgehead atoms. The summed E-state index contributed by atoms with van der Waals surface area (Å²) in [6, 6.07) is 5.41. The van der Waals surface area contributed by atoms with Crippen LogP contribution in [0.15, 0.2) is 24.3 Å². The summed E-state index contributed by atoms with van der Waals surface area (Å²) in [5.74, 6) is -2.42. The number of aliphatic carboxylic acids is 1. The van der Waals surface area contributed by atoms with Crippen molar-refractivity contribution < 1.29 is 29.0 Å². The molecule has 25 heavy (non-hydrogen) atoms. The highest BCUT2D eigenvalue weighted by atomic mass is 16.5. The first-order valence-electron chi connectivity index (χ1n) is 7.41. The molecule has 1 aromatic rings. The van der Waals surface area contributed by atoms with Crippen LogP contribution >= 0.6 is 0 Å². The average Bonchev–Trinajstić information content (AvgIpc) is 2.81. The van der Waals surface area contributed by atoms with Crippen LogP contribution in [0.4, 0.5) is 4.79 Å². The Kier molecular flexibility index (Phi) is 4.80. The number of nitrogens with one attached hydrogen (secondary N) is 3. The van der Waals surface area contributed by atoms with Crippen molar-refractivity contribution in [3.05, 3.63) is 35.4 Å². The highest BCUT2D eigenvalue weighted by molar-refractivity contribution is 6.07. The summed E-state index contributed by atoms with van der Waals surface area (Å²) in [7, 11) is 1.33. The van der Waals surface area contributed by atoms with E-state index >= 15 is 0 Å². The van der Waals surface area contributed by atoms with E-state index in [1.54, 1.807) is 12.1 Å². The standard InChI is InChI=1S/C16H19N3O6/c1-15(8-25-3,13(22)23)18-11(20)9-5-4-6-10(7-9)16(2)12(21)17-14(24)19-16/h4-7H,8H2,1-3H3,(H,18,20)(H,22,23)(H2,17,19,21,24). The minimum atomic E-state index is -1.61. The van der Waals surface area contributed by atoms with Crippen LogP contribution in [0.3, 0.4) is 0 Å². The number of hydrogen-bond donors (Lipinski definition) is 4. The van der Waals surface area contributed by atoms with E-state index in [0.29, 0.717) is 5.56 Å². The Morgan fingerprint density at radius 1 is 1.36 bits per heavy atom. The Balaban J connectivity index is 2.30. The average molecular weight is 349 g/mol. The Morgan fingerprint density at radius 2 is 2.04 bits per heavy atom. The molecule has 0 spiro atoms. The van der Waals surface area contributed by atoms with Crippen molar-refractivity contribution in [1.29, 1.82) is 0 Å². The zero-order valence-electron chi connectivity index (χ0n) is 14.0. The molecule has 1 heterocycles. The number of carbonyl (C=O) groups is 4. The van der Waals surface area contributed by atoms with Crippen LogP contribution in [-0.4, -0.2) is 48.2 Å². The molecule has 1 saturated heterocycles. The Morgan fingerprint density at radius 3 is 2.56 bits per heavy atom. The first-order chi connectivity index (χ1) is 11.6. The number of carboxylic acid groups (broad SMARTS) is 1. The second-order valence-electron chi connectivity index (χ2n) is 6.14. The van der Waals surface area contributed by atoms with Crippen molar-refractivity contribution in [3.63, 3.8) is 0 Å². The first kappa shape index (κ1) is 18.4. The molecule has 1 aliphatic heterocycles. The van der Waals surface area contributed by atoms with Gasteiger partial charge in [-0.3, -0.25) is 14.9 Å². The molecule has 1 aliphatic rings. The minimum Gasteiger partial charge on any atom is -0.479 e. The second kappa shape index (κ2) is 6.52. The maximum absolute atomic E-state index is 12.4. The Bertz CT molecular complexity index is 749. The molecule has 2 rings (SSSR count). The van der Waals surface area contributed by atoms with Crippen molar-refractivity contribution in [2.45, 2.75) is 24.9 Å². The summed E-state index contributed by atoms with van der Waals surface area (Å²) in [4.78, 5) is 47.2. The molecular formula is C16H19N3O6. The molecule has 1 aromatic carbocycles. The summed E-state index contributed by atoms with van der Waals surface area (Å²) in [6.07, 6.45) is 0. The predicted molar refractivity (Wildman–Crippen MR) is 85.9 cm³/mol. The van der Waals surface area contributed by atoms with Crippen molar-refractivity contribution >= 4 is 23.8 Å². The largest absolute Gasteiger partial charge is 0.479 e. The van der Waals surface area contributed by atoms with E-state index in [0.717, 1.165) is 0 Å². The number of carboxylic acids is 1. The van der Waals surface area contributed by atoms with Crippen LogP contribution in [0.5, 0.6) is 0 Å². The fourth-order valence-corrected chi connectivity index (χ4v) is 2.48. The minimum absolute atomic E-state index is 0.149. The third kappa shape index (κ3) is 3.45. The van der Waals surface area contributed by atoms with Gasteiger partial charge in [-0.2, -0.15) is 0 Å². The molecule has 1 fully saturated rings. The van der Waals surface area contributed by atoms with Gasteiger partial charge in [0.2, 0.25) is 0 Å². The molecule has 9 nitrogen and oxygen atoms in total. The number of methoxy groups -OCH3 is 1. The number of hydrogen-bond acceptors (Lipinski definition) is 5. The predicted octanol–water partition coefficient (Wildman–Crippen LogP) is -0.0393. The SMILES string of the molecule is COCC(C)(NC(=O)c1cccc(C2(C)NC(=O)NC2=O)c1)C(=O)O. The molecule has 9 heteroatoms. The van der Waals surface area contributed by atoms with Crippen LogP contribution in [0, 0.1) is 0 Å². The van der Waals surface area contributed by atoms with Crippen molar-refractivity contribution in [1.82, 2.24) is 16.0 Å². The van der Waals surface area contributed by atoms with Gasteiger partial charge in [-0.1, -0.05) is 12.1 Å². The quantitative estimate of drug-likeness (QED) is 0.533. The van der Waals surface area contributed by atoms with E-state index in [9.17, 15) is 24.3 Å². The number of rotatable bonds is 6. The topological polar surface area (TPSA) is 134 Å². The van der Waals surface area contributed by atoms with E-state index in [2.05, 4.69) is 16.0 Å². The van der Waals surface area contributed by atoms with Gasteiger partial charge in [0.1, 0.15) is 5.54 Å². The molecule has 0 aromatic heterocycles. The molecule has 0 aliphatic carbocycles. The first-order valence-corrected chi connectivity index (χ1v) is 7.41. The van der Waals surface area contributed by atoms with Gasteiger partial charge in [0.25, 0.3) is 11.8 Å². The Hall–Kier alpha value is -2.94. The van der Waals surface area contributed by atoms with Crippen LogP contribution in [-0.2, 0) is 19.9 Å². The number of benzene rings is 1. The molecule has 4 N–H and O–H groups in total. The molecule has 0 saturated carbocycles. The Labute approximate surface area is 143 Å². The number of imide groups is 1. The lowest BCUT2D eigenvalue weighted by Gasteiger charge is -2.26. The zero-order chi connectivity index (χ0) is 18.8. The smallest absolute Gasteiger partial charge is 0.331 e. The van der Waals surface area contributed by atoms with E-state index in [4.69, 9.17) is 4.74 Å². The maximum Gasteiger partial charge on any atom is 0.331 e. The summed E-state index contributed by atoms with van der Waals surface area (Å²) in [6.45, 7) is 2.62. The van der Waals surface area contributed by atoms with Crippen LogP contribution in [0.1, 0.15) is 29.8 Å². The normalized spacial score (nSPS) is 21.9. The molecule has 4 amide bonds. The van der Waals surface area contributed by atoms with Crippen LogP contribution in [0.25, 0.3) is 0 Å². The molecule has 2 unspecified atom stereocenters. The van der Waals surface area contributed by atoms with Crippen molar-refractivity contribution in [3.8, 4) is 0 Å². The monoisotopic (exact) mass is 349 g/mol. The van der Waals surface area contributed by atoms with Crippen molar-refractivity contribution in [2.75, 3.05) is 13.7 Å². The number of carbonyl (C=O) groups excluding carboxylic acids is 3. The van der Waals surface area contributed by atoms with Gasteiger partial charge < -0.3 is 20.5 Å². The number of ether oxygens (including phenoxy) is 1. The fraction of sp³-hybridized carbons (Fsp3) is 0.375. The van der Waals surface area contributed by atoms with Gasteiger partial charge >= 0.3 is 12.0 Å². The van der Waals surface area contributed by atoms with E-state index in [1.165, 1.54) is 33.1 Å². The molecular weight excluding hydrogens is 330 g/mol. The van der Waals surface area contributed by atoms with Gasteiger partial charge in [0, 0.05) is 12.7 Å². The highest BCUT2D eigenvalue weighted by Gasteiger charge is 2.43. The van der Waals surface area contributed by atoms with Gasteiger partial charge in [0.05, 0.1) is 6.61 Å².